The van der Waals surface area contributed by atoms with E-state index in [1.165, 1.54) is 7.05 Å². The fourth-order valence-electron chi connectivity index (χ4n) is 1.47. The molecule has 0 spiro atoms. The van der Waals surface area contributed by atoms with Gasteiger partial charge in [0.15, 0.2) is 0 Å². The molecule has 0 saturated heterocycles. The monoisotopic (exact) mass is 344 g/mol. The van der Waals surface area contributed by atoms with Crippen LogP contribution in [0.1, 0.15) is 5.56 Å². The zero-order valence-corrected chi connectivity index (χ0v) is 12.6. The normalized spacial score (nSPS) is 12.1. The fraction of sp³-hybridized carbons (Fsp3) is 0.364. The number of amides is 1. The van der Waals surface area contributed by atoms with Gasteiger partial charge in [0.2, 0.25) is 15.9 Å². The number of nitrogens with one attached hydrogen (secondary N) is 1. The van der Waals surface area contributed by atoms with Crippen LogP contribution in [0.5, 0.6) is 0 Å². The molecule has 0 aliphatic carbocycles. The van der Waals surface area contributed by atoms with Crippen LogP contribution in [0.3, 0.4) is 0 Å². The van der Waals surface area contributed by atoms with Crippen LogP contribution in [-0.2, 0) is 21.0 Å². The van der Waals surface area contributed by atoms with Gasteiger partial charge in [0.25, 0.3) is 0 Å². The molecule has 0 saturated carbocycles. The smallest absolute Gasteiger partial charge is 0.358 e. The Labute approximate surface area is 124 Å². The molecule has 0 aliphatic heterocycles. The van der Waals surface area contributed by atoms with Crippen molar-refractivity contribution in [2.45, 2.75) is 6.18 Å². The number of hydrogen-bond donors (Lipinski definition) is 1. The minimum Gasteiger partial charge on any atom is -0.358 e. The first-order chi connectivity index (χ1) is 9.46. The van der Waals surface area contributed by atoms with Crippen LogP contribution in [0, 0.1) is 0 Å². The Balaban J connectivity index is 3.40. The van der Waals surface area contributed by atoms with Gasteiger partial charge in [-0.3, -0.25) is 9.10 Å². The van der Waals surface area contributed by atoms with Crippen molar-refractivity contribution in [3.63, 3.8) is 0 Å². The maximum absolute atomic E-state index is 12.7. The first-order valence-corrected chi connectivity index (χ1v) is 7.74. The average Bonchev–Trinajstić information content (AvgIpc) is 2.33. The van der Waals surface area contributed by atoms with Crippen LogP contribution >= 0.6 is 11.6 Å². The van der Waals surface area contributed by atoms with Crippen molar-refractivity contribution in [3.8, 4) is 0 Å². The van der Waals surface area contributed by atoms with E-state index in [1.54, 1.807) is 0 Å². The van der Waals surface area contributed by atoms with E-state index in [-0.39, 0.29) is 5.02 Å². The Kier molecular flexibility index (Phi) is 5.11. The number of alkyl halides is 3. The lowest BCUT2D eigenvalue weighted by atomic mass is 10.2. The predicted octanol–water partition coefficient (Wildman–Crippen LogP) is 1.87. The van der Waals surface area contributed by atoms with Crippen molar-refractivity contribution >= 4 is 33.2 Å². The quantitative estimate of drug-likeness (QED) is 0.906. The second-order valence-corrected chi connectivity index (χ2v) is 6.42. The highest BCUT2D eigenvalue weighted by Crippen LogP contribution is 2.36. The molecule has 1 aromatic carbocycles. The number of nitrogens with zero attached hydrogens (tertiary/aromatic N) is 1. The minimum absolute atomic E-state index is 0.211. The maximum Gasteiger partial charge on any atom is 0.416 e. The zero-order chi connectivity index (χ0) is 16.4. The van der Waals surface area contributed by atoms with E-state index >= 15 is 0 Å². The zero-order valence-electron chi connectivity index (χ0n) is 11.0. The largest absolute Gasteiger partial charge is 0.416 e. The summed E-state index contributed by atoms with van der Waals surface area (Å²) >= 11 is 5.77. The molecule has 10 heteroatoms. The molecule has 0 aromatic heterocycles. The van der Waals surface area contributed by atoms with Crippen molar-refractivity contribution in [3.05, 3.63) is 28.8 Å². The van der Waals surface area contributed by atoms with Gasteiger partial charge in [-0.1, -0.05) is 11.6 Å². The Morgan fingerprint density at radius 2 is 1.95 bits per heavy atom. The molecule has 0 aliphatic rings. The number of halogens is 4. The van der Waals surface area contributed by atoms with Gasteiger partial charge in [0.1, 0.15) is 6.54 Å². The summed E-state index contributed by atoms with van der Waals surface area (Å²) in [4.78, 5) is 11.4. The van der Waals surface area contributed by atoms with Crippen molar-refractivity contribution in [2.24, 2.45) is 0 Å². The summed E-state index contributed by atoms with van der Waals surface area (Å²) in [7, 11) is -2.71. The predicted molar refractivity (Wildman–Crippen MR) is 72.7 cm³/mol. The molecule has 0 bridgehead atoms. The Bertz CT molecular complexity index is 647. The molecular formula is C11H12ClF3N2O3S. The molecule has 0 heterocycles. The van der Waals surface area contributed by atoms with Gasteiger partial charge in [-0.15, -0.1) is 0 Å². The molecule has 1 aromatic rings. The number of carbonyl (C=O) groups excluding carboxylic acids is 1. The third-order valence-electron chi connectivity index (χ3n) is 2.51. The van der Waals surface area contributed by atoms with Gasteiger partial charge in [-0.2, -0.15) is 13.2 Å². The maximum atomic E-state index is 12.7. The van der Waals surface area contributed by atoms with Gasteiger partial charge in [0.05, 0.1) is 22.5 Å². The van der Waals surface area contributed by atoms with E-state index in [4.69, 9.17) is 11.6 Å². The summed E-state index contributed by atoms with van der Waals surface area (Å²) in [5, 5.41) is 1.98. The van der Waals surface area contributed by atoms with Crippen LogP contribution in [-0.4, -0.2) is 34.2 Å². The van der Waals surface area contributed by atoms with Crippen LogP contribution in [0.2, 0.25) is 5.02 Å². The molecular weight excluding hydrogens is 333 g/mol. The fourth-order valence-corrected chi connectivity index (χ4v) is 2.60. The lowest BCUT2D eigenvalue weighted by molar-refractivity contribution is -0.137. The number of carbonyl (C=O) groups is 1. The second-order valence-electron chi connectivity index (χ2n) is 4.11. The first-order valence-electron chi connectivity index (χ1n) is 5.52. The molecule has 0 radical (unpaired) electrons. The van der Waals surface area contributed by atoms with Crippen molar-refractivity contribution in [1.29, 1.82) is 0 Å². The highest BCUT2D eigenvalue weighted by atomic mass is 35.5. The van der Waals surface area contributed by atoms with Crippen LogP contribution in [0.4, 0.5) is 18.9 Å². The van der Waals surface area contributed by atoms with Gasteiger partial charge < -0.3 is 5.32 Å². The standard InChI is InChI=1S/C11H12ClF3N2O3S/c1-16-10(18)6-17(21(2,19)20)9-5-7(11(13,14)15)3-4-8(9)12/h3-5H,6H2,1-2H3,(H,16,18). The number of sulfonamides is 1. The van der Waals surface area contributed by atoms with Gasteiger partial charge in [-0.25, -0.2) is 8.42 Å². The SMILES string of the molecule is CNC(=O)CN(c1cc(C(F)(F)F)ccc1Cl)S(C)(=O)=O. The van der Waals surface area contributed by atoms with Crippen molar-refractivity contribution in [1.82, 2.24) is 5.32 Å². The topological polar surface area (TPSA) is 66.5 Å². The van der Waals surface area contributed by atoms with Gasteiger partial charge >= 0.3 is 6.18 Å². The summed E-state index contributed by atoms with van der Waals surface area (Å²) in [5.74, 6) is -0.686. The molecule has 118 valence electrons. The number of hydrogen-bond acceptors (Lipinski definition) is 3. The average molecular weight is 345 g/mol. The number of likely N-dealkylation sites (N-methyl/N-ethyl adjacent to an activating group) is 1. The molecule has 0 atom stereocenters. The highest BCUT2D eigenvalue weighted by Gasteiger charge is 2.32. The van der Waals surface area contributed by atoms with Gasteiger partial charge in [0, 0.05) is 7.05 Å². The molecule has 5 nitrogen and oxygen atoms in total. The van der Waals surface area contributed by atoms with E-state index < -0.39 is 39.9 Å². The van der Waals surface area contributed by atoms with Crippen molar-refractivity contribution in [2.75, 3.05) is 24.2 Å². The first kappa shape index (κ1) is 17.6. The number of rotatable bonds is 4. The summed E-state index contributed by atoms with van der Waals surface area (Å²) in [6.45, 7) is -0.670. The Morgan fingerprint density at radius 3 is 2.38 bits per heavy atom. The summed E-state index contributed by atoms with van der Waals surface area (Å²) in [5.41, 5.74) is -1.47. The van der Waals surface area contributed by atoms with E-state index in [0.717, 1.165) is 18.4 Å². The molecule has 21 heavy (non-hydrogen) atoms. The summed E-state index contributed by atoms with van der Waals surface area (Å²) in [6.07, 6.45) is -3.89. The Hall–Kier alpha value is -1.48. The molecule has 1 rings (SSSR count). The molecule has 1 amide bonds. The van der Waals surface area contributed by atoms with Gasteiger partial charge in [-0.05, 0) is 18.2 Å². The number of benzene rings is 1. The third-order valence-corrected chi connectivity index (χ3v) is 3.95. The van der Waals surface area contributed by atoms with E-state index in [2.05, 4.69) is 5.32 Å². The van der Waals surface area contributed by atoms with E-state index in [9.17, 15) is 26.4 Å². The minimum atomic E-state index is -4.66. The van der Waals surface area contributed by atoms with Crippen LogP contribution < -0.4 is 9.62 Å². The lowest BCUT2D eigenvalue weighted by Crippen LogP contribution is -2.39. The molecule has 0 unspecified atom stereocenters. The number of anilines is 1. The van der Waals surface area contributed by atoms with Crippen molar-refractivity contribution < 1.29 is 26.4 Å². The Morgan fingerprint density at radius 1 is 1.38 bits per heavy atom. The van der Waals surface area contributed by atoms with E-state index in [1.807, 2.05) is 0 Å². The van der Waals surface area contributed by atoms with Crippen LogP contribution in [0.25, 0.3) is 0 Å². The summed E-state index contributed by atoms with van der Waals surface area (Å²) < 4.78 is 62.0. The lowest BCUT2D eigenvalue weighted by Gasteiger charge is -2.23. The second kappa shape index (κ2) is 6.10. The summed E-state index contributed by atoms with van der Waals surface area (Å²) in [6, 6.07) is 2.25. The molecule has 0 fully saturated rings. The molecule has 1 N–H and O–H groups in total. The van der Waals surface area contributed by atoms with Crippen LogP contribution in [0.15, 0.2) is 18.2 Å². The van der Waals surface area contributed by atoms with E-state index in [0.29, 0.717) is 10.4 Å². The third kappa shape index (κ3) is 4.50. The highest BCUT2D eigenvalue weighted by molar-refractivity contribution is 7.92.